The summed E-state index contributed by atoms with van der Waals surface area (Å²) in [4.78, 5) is 13.0. The first-order valence-electron chi connectivity index (χ1n) is 13.9. The van der Waals surface area contributed by atoms with Gasteiger partial charge in [0.15, 0.2) is 11.6 Å². The maximum Gasteiger partial charge on any atom is 0.231 e. The van der Waals surface area contributed by atoms with Crippen molar-refractivity contribution in [1.82, 2.24) is 0 Å². The Balaban J connectivity index is 1.07. The molecule has 3 saturated heterocycles. The van der Waals surface area contributed by atoms with Crippen LogP contribution < -0.4 is 4.74 Å². The largest absolute Gasteiger partial charge is 0.497 e. The highest BCUT2D eigenvalue weighted by molar-refractivity contribution is 5.86. The second-order valence-corrected chi connectivity index (χ2v) is 10.8. The first kappa shape index (κ1) is 27.3. The van der Waals surface area contributed by atoms with E-state index in [1.807, 2.05) is 42.5 Å². The Morgan fingerprint density at radius 2 is 1.61 bits per heavy atom. The zero-order valence-corrected chi connectivity index (χ0v) is 22.6. The summed E-state index contributed by atoms with van der Waals surface area (Å²) >= 11 is 0. The molecule has 0 N–H and O–H groups in total. The van der Waals surface area contributed by atoms with E-state index in [1.54, 1.807) is 7.11 Å². The SMILES string of the molecule is COc1ccc(COCC[C@@H]2CCC(=O)[C@]3(CC[C@@]4(C[C@@H](C)[C@@H](CCOCc5ccccc5)O4)O3)O2)cc1. The number of methoxy groups -OCH3 is 1. The van der Waals surface area contributed by atoms with Crippen LogP contribution in [-0.2, 0) is 41.7 Å². The Morgan fingerprint density at radius 1 is 0.895 bits per heavy atom. The van der Waals surface area contributed by atoms with Gasteiger partial charge >= 0.3 is 0 Å². The van der Waals surface area contributed by atoms with E-state index in [4.69, 9.17) is 28.4 Å². The molecule has 0 saturated carbocycles. The minimum atomic E-state index is -1.18. The molecule has 0 unspecified atom stereocenters. The van der Waals surface area contributed by atoms with E-state index in [0.29, 0.717) is 58.0 Å². The van der Waals surface area contributed by atoms with Crippen LogP contribution in [0.2, 0.25) is 0 Å². The predicted octanol–water partition coefficient (Wildman–Crippen LogP) is 5.58. The summed E-state index contributed by atoms with van der Waals surface area (Å²) in [6.45, 7) is 4.50. The fourth-order valence-electron chi connectivity index (χ4n) is 5.84. The number of hydrogen-bond donors (Lipinski definition) is 0. The van der Waals surface area contributed by atoms with Crippen LogP contribution in [0.15, 0.2) is 54.6 Å². The Labute approximate surface area is 225 Å². The Bertz CT molecular complexity index is 1040. The van der Waals surface area contributed by atoms with E-state index in [1.165, 1.54) is 5.56 Å². The van der Waals surface area contributed by atoms with E-state index in [0.717, 1.165) is 30.6 Å². The Hall–Kier alpha value is -2.29. The quantitative estimate of drug-likeness (QED) is 0.355. The normalized spacial score (nSPS) is 30.9. The molecule has 0 amide bonds. The molecule has 3 fully saturated rings. The second kappa shape index (κ2) is 12.3. The lowest BCUT2D eigenvalue weighted by Crippen LogP contribution is -2.50. The van der Waals surface area contributed by atoms with Crippen molar-refractivity contribution in [1.29, 1.82) is 0 Å². The van der Waals surface area contributed by atoms with Crippen molar-refractivity contribution in [3.8, 4) is 5.75 Å². The summed E-state index contributed by atoms with van der Waals surface area (Å²) in [5, 5.41) is 0. The molecular formula is C31H40O7. The van der Waals surface area contributed by atoms with Gasteiger partial charge in [-0.05, 0) is 48.4 Å². The third kappa shape index (κ3) is 6.46. The topological polar surface area (TPSA) is 72.5 Å². The van der Waals surface area contributed by atoms with Gasteiger partial charge in [0.1, 0.15) is 5.75 Å². The van der Waals surface area contributed by atoms with E-state index in [9.17, 15) is 4.79 Å². The zero-order chi connectivity index (χ0) is 26.4. The van der Waals surface area contributed by atoms with Gasteiger partial charge in [-0.15, -0.1) is 0 Å². The molecule has 2 aromatic carbocycles. The zero-order valence-electron chi connectivity index (χ0n) is 22.6. The van der Waals surface area contributed by atoms with Crippen LogP contribution in [-0.4, -0.2) is 49.9 Å². The third-order valence-corrected chi connectivity index (χ3v) is 7.97. The van der Waals surface area contributed by atoms with Crippen LogP contribution in [0.5, 0.6) is 5.75 Å². The molecule has 0 bridgehead atoms. The molecule has 3 heterocycles. The van der Waals surface area contributed by atoms with E-state index >= 15 is 0 Å². The van der Waals surface area contributed by atoms with Crippen molar-refractivity contribution in [2.45, 2.75) is 88.9 Å². The number of carbonyl (C=O) groups excluding carboxylic acids is 1. The molecule has 0 aliphatic carbocycles. The van der Waals surface area contributed by atoms with Gasteiger partial charge in [-0.3, -0.25) is 4.79 Å². The Morgan fingerprint density at radius 3 is 2.34 bits per heavy atom. The second-order valence-electron chi connectivity index (χ2n) is 10.8. The average Bonchev–Trinajstić information content (AvgIpc) is 3.45. The minimum absolute atomic E-state index is 0.0377. The van der Waals surface area contributed by atoms with E-state index in [2.05, 4.69) is 19.1 Å². The number of ketones is 1. The van der Waals surface area contributed by atoms with Crippen LogP contribution >= 0.6 is 0 Å². The molecule has 0 radical (unpaired) electrons. The summed E-state index contributed by atoms with van der Waals surface area (Å²) in [7, 11) is 1.66. The van der Waals surface area contributed by atoms with Crippen molar-refractivity contribution >= 4 is 5.78 Å². The minimum Gasteiger partial charge on any atom is -0.497 e. The highest BCUT2D eigenvalue weighted by atomic mass is 16.8. The van der Waals surface area contributed by atoms with Gasteiger partial charge in [-0.2, -0.15) is 0 Å². The van der Waals surface area contributed by atoms with Crippen molar-refractivity contribution in [3.05, 3.63) is 65.7 Å². The highest BCUT2D eigenvalue weighted by Crippen LogP contribution is 2.51. The van der Waals surface area contributed by atoms with Gasteiger partial charge in [0.05, 0.1) is 32.5 Å². The lowest BCUT2D eigenvalue weighted by atomic mass is 9.94. The third-order valence-electron chi connectivity index (χ3n) is 7.97. The van der Waals surface area contributed by atoms with Crippen LogP contribution in [0.3, 0.4) is 0 Å². The molecule has 206 valence electrons. The van der Waals surface area contributed by atoms with Gasteiger partial charge in [0.2, 0.25) is 5.79 Å². The number of carbonyl (C=O) groups is 1. The standard InChI is InChI=1S/C31H40O7/c1-23-20-30(37-28(23)15-19-35-21-24-6-4-3-5-7-24)16-17-31(38-30)29(32)13-12-27(36-31)14-18-34-22-25-8-10-26(33-2)11-9-25/h3-11,23,27-28H,12-22H2,1-2H3/t23-,27+,28-,30+,31-/m1/s1. The lowest BCUT2D eigenvalue weighted by Gasteiger charge is -2.38. The molecule has 5 atom stereocenters. The van der Waals surface area contributed by atoms with Gasteiger partial charge in [-0.1, -0.05) is 49.4 Å². The van der Waals surface area contributed by atoms with Crippen LogP contribution in [0.4, 0.5) is 0 Å². The summed E-state index contributed by atoms with van der Waals surface area (Å²) in [6.07, 6.45) is 4.64. The van der Waals surface area contributed by atoms with Gasteiger partial charge in [0, 0.05) is 38.9 Å². The van der Waals surface area contributed by atoms with Crippen LogP contribution in [0.1, 0.15) is 63.0 Å². The first-order valence-corrected chi connectivity index (χ1v) is 13.9. The number of hydrogen-bond acceptors (Lipinski definition) is 7. The van der Waals surface area contributed by atoms with Crippen molar-refractivity contribution in [2.24, 2.45) is 5.92 Å². The summed E-state index contributed by atoms with van der Waals surface area (Å²) in [5.41, 5.74) is 2.26. The van der Waals surface area contributed by atoms with Crippen LogP contribution in [0.25, 0.3) is 0 Å². The molecule has 2 spiro atoms. The molecule has 7 heteroatoms. The highest BCUT2D eigenvalue weighted by Gasteiger charge is 2.60. The summed E-state index contributed by atoms with van der Waals surface area (Å²) < 4.78 is 36.3. The lowest BCUT2D eigenvalue weighted by molar-refractivity contribution is -0.317. The first-order chi connectivity index (χ1) is 18.5. The monoisotopic (exact) mass is 524 g/mol. The number of rotatable bonds is 11. The maximum atomic E-state index is 13.0. The predicted molar refractivity (Wildman–Crippen MR) is 142 cm³/mol. The maximum absolute atomic E-state index is 13.0. The molecular weight excluding hydrogens is 484 g/mol. The molecule has 3 aliphatic rings. The smallest absolute Gasteiger partial charge is 0.231 e. The van der Waals surface area contributed by atoms with Gasteiger partial charge in [-0.25, -0.2) is 0 Å². The molecule has 5 rings (SSSR count). The molecule has 38 heavy (non-hydrogen) atoms. The van der Waals surface area contributed by atoms with Gasteiger partial charge in [0.25, 0.3) is 0 Å². The van der Waals surface area contributed by atoms with Gasteiger partial charge < -0.3 is 28.4 Å². The number of Topliss-reactive ketones (excluding diaryl/α,β-unsaturated/α-hetero) is 1. The Kier molecular flexibility index (Phi) is 8.81. The van der Waals surface area contributed by atoms with Crippen molar-refractivity contribution < 1.29 is 33.2 Å². The molecule has 2 aromatic rings. The van der Waals surface area contributed by atoms with Crippen molar-refractivity contribution in [3.63, 3.8) is 0 Å². The summed E-state index contributed by atoms with van der Waals surface area (Å²) in [5.74, 6) is -0.734. The fraction of sp³-hybridized carbons (Fsp3) is 0.581. The number of benzene rings is 2. The average molecular weight is 525 g/mol. The fourth-order valence-corrected chi connectivity index (χ4v) is 5.84. The van der Waals surface area contributed by atoms with Crippen molar-refractivity contribution in [2.75, 3.05) is 20.3 Å². The molecule has 7 nitrogen and oxygen atoms in total. The molecule has 0 aromatic heterocycles. The number of ether oxygens (including phenoxy) is 6. The van der Waals surface area contributed by atoms with E-state index < -0.39 is 11.6 Å². The molecule has 3 aliphatic heterocycles. The van der Waals surface area contributed by atoms with E-state index in [-0.39, 0.29) is 18.0 Å². The summed E-state index contributed by atoms with van der Waals surface area (Å²) in [6, 6.07) is 18.0. The van der Waals surface area contributed by atoms with Crippen LogP contribution in [0, 0.1) is 5.92 Å².